The van der Waals surface area contributed by atoms with Gasteiger partial charge in [0.1, 0.15) is 17.3 Å². The van der Waals surface area contributed by atoms with Crippen LogP contribution in [0.2, 0.25) is 10.0 Å². The molecule has 0 aliphatic rings. The molecule has 0 atom stereocenters. The Balaban J connectivity index is 1.74. The first kappa shape index (κ1) is 17.1. The van der Waals surface area contributed by atoms with Gasteiger partial charge in [-0.3, -0.25) is 4.79 Å². The molecule has 3 aromatic rings. The van der Waals surface area contributed by atoms with Crippen molar-refractivity contribution in [1.82, 2.24) is 9.97 Å². The van der Waals surface area contributed by atoms with E-state index in [1.165, 1.54) is 30.6 Å². The van der Waals surface area contributed by atoms with Gasteiger partial charge in [-0.05, 0) is 24.3 Å². The summed E-state index contributed by atoms with van der Waals surface area (Å²) in [6.07, 6.45) is 2.62. The molecule has 0 aliphatic heterocycles. The molecule has 0 saturated carbocycles. The van der Waals surface area contributed by atoms with Crippen molar-refractivity contribution >= 4 is 46.3 Å². The highest BCUT2D eigenvalue weighted by molar-refractivity contribution is 6.39. The van der Waals surface area contributed by atoms with E-state index in [4.69, 9.17) is 23.2 Å². The fraction of sp³-hybridized carbons (Fsp3) is 0. The van der Waals surface area contributed by atoms with E-state index in [-0.39, 0.29) is 11.4 Å². The minimum Gasteiger partial charge on any atom is -0.337 e. The first-order chi connectivity index (χ1) is 12.0. The number of amides is 1. The van der Waals surface area contributed by atoms with Crippen molar-refractivity contribution in [2.24, 2.45) is 0 Å². The maximum absolute atomic E-state index is 13.6. The molecule has 1 heterocycles. The molecule has 0 unspecified atom stereocenters. The van der Waals surface area contributed by atoms with Gasteiger partial charge in [-0.25, -0.2) is 14.4 Å². The molecule has 0 radical (unpaired) electrons. The number of benzene rings is 2. The van der Waals surface area contributed by atoms with Crippen molar-refractivity contribution in [2.75, 3.05) is 10.6 Å². The molecule has 1 amide bonds. The van der Waals surface area contributed by atoms with Crippen LogP contribution in [0.25, 0.3) is 0 Å². The lowest BCUT2D eigenvalue weighted by atomic mass is 10.3. The molecule has 0 bridgehead atoms. The van der Waals surface area contributed by atoms with E-state index < -0.39 is 11.7 Å². The van der Waals surface area contributed by atoms with E-state index in [1.54, 1.807) is 24.3 Å². The highest BCUT2D eigenvalue weighted by atomic mass is 35.5. The molecule has 25 heavy (non-hydrogen) atoms. The zero-order chi connectivity index (χ0) is 17.8. The summed E-state index contributed by atoms with van der Waals surface area (Å²) in [5.41, 5.74) is 0.599. The predicted molar refractivity (Wildman–Crippen MR) is 96.1 cm³/mol. The quantitative estimate of drug-likeness (QED) is 0.678. The van der Waals surface area contributed by atoms with Gasteiger partial charge in [0.2, 0.25) is 0 Å². The number of aromatic nitrogens is 2. The highest BCUT2D eigenvalue weighted by Crippen LogP contribution is 2.31. The largest absolute Gasteiger partial charge is 0.337 e. The second-order valence-corrected chi connectivity index (χ2v) is 5.76. The van der Waals surface area contributed by atoms with Crippen molar-refractivity contribution in [3.05, 3.63) is 76.4 Å². The van der Waals surface area contributed by atoms with E-state index in [0.717, 1.165) is 0 Å². The summed E-state index contributed by atoms with van der Waals surface area (Å²) < 4.78 is 13.6. The number of hydrogen-bond donors (Lipinski definition) is 2. The summed E-state index contributed by atoms with van der Waals surface area (Å²) in [4.78, 5) is 20.2. The van der Waals surface area contributed by atoms with Gasteiger partial charge in [-0.2, -0.15) is 0 Å². The number of carbonyl (C=O) groups excluding carboxylic acids is 1. The van der Waals surface area contributed by atoms with Gasteiger partial charge in [-0.15, -0.1) is 0 Å². The van der Waals surface area contributed by atoms with Crippen LogP contribution in [0.4, 0.5) is 21.6 Å². The SMILES string of the molecule is O=C(Nc1ccccc1F)c1cnc(Nc2c(Cl)cccc2Cl)cn1. The standard InChI is InChI=1S/C17H11Cl2FN4O/c18-10-4-3-5-11(19)16(10)24-15-9-21-14(8-22-15)17(25)23-13-7-2-1-6-12(13)20/h1-9H,(H,22,24)(H,23,25). The topological polar surface area (TPSA) is 66.9 Å². The number of rotatable bonds is 4. The predicted octanol–water partition coefficient (Wildman–Crippen LogP) is 4.92. The number of para-hydroxylation sites is 2. The Morgan fingerprint density at radius 1 is 0.960 bits per heavy atom. The Hall–Kier alpha value is -2.70. The summed E-state index contributed by atoms with van der Waals surface area (Å²) in [6, 6.07) is 10.9. The Labute approximate surface area is 152 Å². The molecule has 8 heteroatoms. The van der Waals surface area contributed by atoms with Crippen molar-refractivity contribution in [3.8, 4) is 0 Å². The minimum absolute atomic E-state index is 0.0408. The normalized spacial score (nSPS) is 10.4. The fourth-order valence-corrected chi connectivity index (χ4v) is 2.50. The Kier molecular flexibility index (Phi) is 5.11. The van der Waals surface area contributed by atoms with Gasteiger partial charge in [0.15, 0.2) is 0 Å². The Morgan fingerprint density at radius 3 is 2.32 bits per heavy atom. The highest BCUT2D eigenvalue weighted by Gasteiger charge is 2.12. The minimum atomic E-state index is -0.570. The first-order valence-corrected chi connectivity index (χ1v) is 7.89. The molecule has 0 aliphatic carbocycles. The second-order valence-electron chi connectivity index (χ2n) is 4.94. The van der Waals surface area contributed by atoms with E-state index in [0.29, 0.717) is 21.6 Å². The number of halogens is 3. The average molecular weight is 377 g/mol. The zero-order valence-corrected chi connectivity index (χ0v) is 14.1. The number of carbonyl (C=O) groups is 1. The van der Waals surface area contributed by atoms with E-state index in [2.05, 4.69) is 20.6 Å². The Bertz CT molecular complexity index is 899. The van der Waals surface area contributed by atoms with Crippen molar-refractivity contribution in [1.29, 1.82) is 0 Å². The first-order valence-electron chi connectivity index (χ1n) is 7.13. The number of hydrogen-bond acceptors (Lipinski definition) is 4. The van der Waals surface area contributed by atoms with E-state index in [1.807, 2.05) is 0 Å². The maximum atomic E-state index is 13.6. The smallest absolute Gasteiger partial charge is 0.275 e. The molecule has 0 fully saturated rings. The fourth-order valence-electron chi connectivity index (χ4n) is 2.00. The van der Waals surface area contributed by atoms with Gasteiger partial charge in [0.05, 0.1) is 33.8 Å². The summed E-state index contributed by atoms with van der Waals surface area (Å²) in [7, 11) is 0. The molecule has 2 aromatic carbocycles. The maximum Gasteiger partial charge on any atom is 0.275 e. The van der Waals surface area contributed by atoms with Crippen molar-refractivity contribution in [2.45, 2.75) is 0 Å². The lowest BCUT2D eigenvalue weighted by molar-refractivity contribution is 0.102. The number of nitrogens with one attached hydrogen (secondary N) is 2. The van der Waals surface area contributed by atoms with Crippen molar-refractivity contribution < 1.29 is 9.18 Å². The lowest BCUT2D eigenvalue weighted by Crippen LogP contribution is -2.15. The molecular weight excluding hydrogens is 366 g/mol. The summed E-state index contributed by atoms with van der Waals surface area (Å²) in [5, 5.41) is 6.22. The summed E-state index contributed by atoms with van der Waals surface area (Å²) >= 11 is 12.1. The molecular formula is C17H11Cl2FN4O. The molecule has 2 N–H and O–H groups in total. The van der Waals surface area contributed by atoms with Crippen LogP contribution in [0.3, 0.4) is 0 Å². The van der Waals surface area contributed by atoms with Gasteiger partial charge in [0, 0.05) is 0 Å². The number of nitrogens with zero attached hydrogens (tertiary/aromatic N) is 2. The number of anilines is 3. The third-order valence-electron chi connectivity index (χ3n) is 3.22. The van der Waals surface area contributed by atoms with Crippen LogP contribution in [0.1, 0.15) is 10.5 Å². The molecule has 0 saturated heterocycles. The van der Waals surface area contributed by atoms with E-state index >= 15 is 0 Å². The van der Waals surface area contributed by atoms with Crippen LogP contribution in [-0.4, -0.2) is 15.9 Å². The second kappa shape index (κ2) is 7.46. The third-order valence-corrected chi connectivity index (χ3v) is 3.85. The average Bonchev–Trinajstić information content (AvgIpc) is 2.61. The van der Waals surface area contributed by atoms with Gasteiger partial charge in [0.25, 0.3) is 5.91 Å². The van der Waals surface area contributed by atoms with Gasteiger partial charge < -0.3 is 10.6 Å². The molecule has 126 valence electrons. The Morgan fingerprint density at radius 2 is 1.68 bits per heavy atom. The van der Waals surface area contributed by atoms with Crippen molar-refractivity contribution in [3.63, 3.8) is 0 Å². The summed E-state index contributed by atoms with van der Waals surface area (Å²) in [6.45, 7) is 0. The third kappa shape index (κ3) is 4.04. The van der Waals surface area contributed by atoms with Gasteiger partial charge in [-0.1, -0.05) is 41.4 Å². The molecule has 5 nitrogen and oxygen atoms in total. The van der Waals surface area contributed by atoms with E-state index in [9.17, 15) is 9.18 Å². The lowest BCUT2D eigenvalue weighted by Gasteiger charge is -2.10. The van der Waals surface area contributed by atoms with Gasteiger partial charge >= 0.3 is 0 Å². The van der Waals surface area contributed by atoms with Crippen LogP contribution in [0.5, 0.6) is 0 Å². The molecule has 0 spiro atoms. The van der Waals surface area contributed by atoms with Crippen LogP contribution in [0, 0.1) is 5.82 Å². The van der Waals surface area contributed by atoms with Crippen LogP contribution < -0.4 is 10.6 Å². The molecule has 3 rings (SSSR count). The monoisotopic (exact) mass is 376 g/mol. The molecule has 1 aromatic heterocycles. The zero-order valence-electron chi connectivity index (χ0n) is 12.6. The summed E-state index contributed by atoms with van der Waals surface area (Å²) in [5.74, 6) is -0.743. The van der Waals surface area contributed by atoms with Crippen LogP contribution >= 0.6 is 23.2 Å². The van der Waals surface area contributed by atoms with Crippen LogP contribution in [-0.2, 0) is 0 Å². The van der Waals surface area contributed by atoms with Crippen LogP contribution in [0.15, 0.2) is 54.9 Å².